The van der Waals surface area contributed by atoms with Crippen LogP contribution in [0.15, 0.2) is 0 Å². The molecule has 56 valence electrons. The summed E-state index contributed by atoms with van der Waals surface area (Å²) in [5.41, 5.74) is 0. The third-order valence-corrected chi connectivity index (χ3v) is 14.6. The number of hydrogen-bond donors (Lipinski definition) is 1. The van der Waals surface area contributed by atoms with E-state index >= 15 is 0 Å². The van der Waals surface area contributed by atoms with Crippen molar-refractivity contribution in [2.75, 3.05) is 0 Å². The van der Waals surface area contributed by atoms with Gasteiger partial charge in [0.1, 0.15) is 0 Å². The van der Waals surface area contributed by atoms with Crippen LogP contribution in [0.4, 0.5) is 0 Å². The van der Waals surface area contributed by atoms with E-state index in [4.69, 9.17) is 5.26 Å². The van der Waals surface area contributed by atoms with Gasteiger partial charge in [0.15, 0.2) is 0 Å². The third kappa shape index (κ3) is 2.43. The van der Waals surface area contributed by atoms with E-state index in [-0.39, 0.29) is 6.10 Å². The molecule has 2 unspecified atom stereocenters. The minimum atomic E-state index is -0.826. The van der Waals surface area contributed by atoms with Crippen LogP contribution < -0.4 is 0 Å². The number of rotatable bonds is 2. The molecule has 1 fully saturated rings. The summed E-state index contributed by atoms with van der Waals surface area (Å²) >= 11 is 2.80. The minimum absolute atomic E-state index is 0.176. The molecule has 1 aliphatic rings. The molecule has 2 nitrogen and oxygen atoms in total. The Balaban J connectivity index is 2.34. The van der Waals surface area contributed by atoms with Crippen molar-refractivity contribution in [1.82, 2.24) is 0 Å². The number of halogens is 1. The van der Waals surface area contributed by atoms with Crippen molar-refractivity contribution in [3.05, 3.63) is 0 Å². The molecule has 0 aliphatic heterocycles. The van der Waals surface area contributed by atoms with Gasteiger partial charge in [0.25, 0.3) is 0 Å². The van der Waals surface area contributed by atoms with E-state index in [0.29, 0.717) is 0 Å². The molecule has 2 atom stereocenters. The van der Waals surface area contributed by atoms with Crippen LogP contribution in [0.5, 0.6) is 0 Å². The normalized spacial score (nSPS) is 33.4. The van der Waals surface area contributed by atoms with Gasteiger partial charge in [-0.2, -0.15) is 0 Å². The van der Waals surface area contributed by atoms with Gasteiger partial charge >= 0.3 is 79.4 Å². The van der Waals surface area contributed by atoms with Gasteiger partial charge in [0.2, 0.25) is 0 Å². The molecule has 1 saturated carbocycles. The van der Waals surface area contributed by atoms with Crippen molar-refractivity contribution in [1.29, 1.82) is 0 Å². The Morgan fingerprint density at radius 3 is 2.60 bits per heavy atom. The van der Waals surface area contributed by atoms with Crippen molar-refractivity contribution >= 4 is 11.9 Å². The van der Waals surface area contributed by atoms with Crippen molar-refractivity contribution in [3.63, 3.8) is 0 Å². The standard InChI is InChI=1S/C6H11O2.BrH.Hg/c7-8-6-4-2-1-3-5-6;;/h4,6-7H,1-3,5H2;1H;/q;;+1/p-1. The second-order valence-corrected chi connectivity index (χ2v) is 13.8. The molecule has 1 N–H and O–H groups in total. The van der Waals surface area contributed by atoms with E-state index in [1.807, 2.05) is 0 Å². The maximum absolute atomic E-state index is 8.51. The molecule has 1 rings (SSSR count). The molecule has 0 spiro atoms. The molecule has 0 aromatic rings. The zero-order chi connectivity index (χ0) is 7.40. The Kier molecular flexibility index (Phi) is 4.77. The molecule has 4 heteroatoms. The fraction of sp³-hybridized carbons (Fsp3) is 1.00. The average Bonchev–Trinajstić information content (AvgIpc) is 2.04. The van der Waals surface area contributed by atoms with Gasteiger partial charge in [-0.05, 0) is 0 Å². The first-order valence-corrected chi connectivity index (χ1v) is 18.8. The molecule has 0 amide bonds. The van der Waals surface area contributed by atoms with Crippen LogP contribution in [-0.2, 0) is 27.0 Å². The first-order valence-electron chi connectivity index (χ1n) is 3.74. The van der Waals surface area contributed by atoms with E-state index in [1.165, 1.54) is 19.3 Å². The zero-order valence-electron chi connectivity index (χ0n) is 5.92. The Bertz CT molecular complexity index is 89.7. The second kappa shape index (κ2) is 5.06. The van der Waals surface area contributed by atoms with Gasteiger partial charge in [0.05, 0.1) is 0 Å². The van der Waals surface area contributed by atoms with E-state index in [1.54, 1.807) is 0 Å². The zero-order valence-corrected chi connectivity index (χ0v) is 13.0. The van der Waals surface area contributed by atoms with Crippen LogP contribution in [0.3, 0.4) is 0 Å². The van der Waals surface area contributed by atoms with E-state index in [9.17, 15) is 0 Å². The van der Waals surface area contributed by atoms with Gasteiger partial charge in [-0.15, -0.1) is 0 Å². The van der Waals surface area contributed by atoms with Crippen molar-refractivity contribution in [2.24, 2.45) is 0 Å². The summed E-state index contributed by atoms with van der Waals surface area (Å²) in [5.74, 6) is 0. The topological polar surface area (TPSA) is 29.5 Å². The molecule has 10 heavy (non-hydrogen) atoms. The van der Waals surface area contributed by atoms with Crippen LogP contribution in [0.25, 0.3) is 0 Å². The van der Waals surface area contributed by atoms with Gasteiger partial charge in [-0.25, -0.2) is 0 Å². The third-order valence-electron chi connectivity index (χ3n) is 2.17. The summed E-state index contributed by atoms with van der Waals surface area (Å²) in [7, 11) is 0. The Hall–Kier alpha value is 1.34. The Labute approximate surface area is 78.9 Å². The first kappa shape index (κ1) is 9.42. The molecule has 0 aromatic carbocycles. The molecule has 0 bridgehead atoms. The summed E-state index contributed by atoms with van der Waals surface area (Å²) in [5, 5.41) is 8.51. The molecule has 0 aromatic heterocycles. The molecular weight excluding hydrogens is 385 g/mol. The van der Waals surface area contributed by atoms with E-state index in [0.717, 1.165) is 9.85 Å². The molecule has 1 aliphatic carbocycles. The van der Waals surface area contributed by atoms with Crippen LogP contribution in [0, 0.1) is 0 Å². The molecule has 0 saturated heterocycles. The van der Waals surface area contributed by atoms with Crippen LogP contribution in [0.2, 0.25) is 3.43 Å². The van der Waals surface area contributed by atoms with Crippen LogP contribution in [-0.4, -0.2) is 11.4 Å². The van der Waals surface area contributed by atoms with E-state index < -0.39 is 22.1 Å². The summed E-state index contributed by atoms with van der Waals surface area (Å²) in [6.07, 6.45) is 5.07. The predicted octanol–water partition coefficient (Wildman–Crippen LogP) is 2.60. The summed E-state index contributed by atoms with van der Waals surface area (Å²) in [6.45, 7) is 0. The van der Waals surface area contributed by atoms with Gasteiger partial charge in [0, 0.05) is 0 Å². The molecule has 0 heterocycles. The first-order chi connectivity index (χ1) is 4.88. The van der Waals surface area contributed by atoms with E-state index in [2.05, 4.69) is 16.8 Å². The van der Waals surface area contributed by atoms with Crippen LogP contribution in [0.1, 0.15) is 25.7 Å². The SMILES string of the molecule is OOC1CCCC[CH]1[Hg][Br]. The maximum atomic E-state index is 8.51. The predicted molar refractivity (Wildman–Crippen MR) is 38.6 cm³/mol. The van der Waals surface area contributed by atoms with Gasteiger partial charge in [-0.3, -0.25) is 0 Å². The van der Waals surface area contributed by atoms with Gasteiger partial charge in [-0.1, -0.05) is 0 Å². The summed E-state index contributed by atoms with van der Waals surface area (Å²) in [6, 6.07) is 0. The second-order valence-electron chi connectivity index (χ2n) is 2.84. The summed E-state index contributed by atoms with van der Waals surface area (Å²) < 4.78 is 0.735. The van der Waals surface area contributed by atoms with Crippen LogP contribution >= 0.6 is 11.9 Å². The summed E-state index contributed by atoms with van der Waals surface area (Å²) in [4.78, 5) is 4.42. The van der Waals surface area contributed by atoms with Crippen molar-refractivity contribution in [2.45, 2.75) is 35.2 Å². The monoisotopic (exact) mass is 396 g/mol. The molecular formula is C6H11BrHgO2. The quantitative estimate of drug-likeness (QED) is 0.442. The van der Waals surface area contributed by atoms with Crippen molar-refractivity contribution in [3.8, 4) is 0 Å². The fourth-order valence-electron chi connectivity index (χ4n) is 1.49. The Morgan fingerprint density at radius 2 is 2.10 bits per heavy atom. The average molecular weight is 396 g/mol. The fourth-order valence-corrected chi connectivity index (χ4v) is 11.7. The number of hydrogen-bond acceptors (Lipinski definition) is 2. The van der Waals surface area contributed by atoms with Gasteiger partial charge < -0.3 is 0 Å². The Morgan fingerprint density at radius 1 is 1.40 bits per heavy atom. The van der Waals surface area contributed by atoms with Crippen molar-refractivity contribution < 1.29 is 32.3 Å². The molecule has 0 radical (unpaired) electrons.